The summed E-state index contributed by atoms with van der Waals surface area (Å²) in [5, 5.41) is 2.13. The van der Waals surface area contributed by atoms with Crippen LogP contribution in [0.3, 0.4) is 0 Å². The van der Waals surface area contributed by atoms with Crippen molar-refractivity contribution >= 4 is 5.91 Å². The topological polar surface area (TPSA) is 32.3 Å². The van der Waals surface area contributed by atoms with Gasteiger partial charge in [-0.15, -0.1) is 0 Å². The van der Waals surface area contributed by atoms with Crippen molar-refractivity contribution in [3.8, 4) is 0 Å². The number of hydrogen-bond acceptors (Lipinski definition) is 2. The maximum atomic E-state index is 11.4. The summed E-state index contributed by atoms with van der Waals surface area (Å²) in [5.41, 5.74) is 3.01. The third-order valence-electron chi connectivity index (χ3n) is 2.92. The van der Waals surface area contributed by atoms with Crippen molar-refractivity contribution in [1.82, 2.24) is 10.4 Å². The van der Waals surface area contributed by atoms with E-state index in [1.54, 1.807) is 0 Å². The Hall–Kier alpha value is -0.570. The van der Waals surface area contributed by atoms with Crippen LogP contribution in [0.4, 0.5) is 0 Å². The fraction of sp³-hybridized carbons (Fsp3) is 0.909. The Balaban J connectivity index is 2.43. The molecule has 0 saturated carbocycles. The van der Waals surface area contributed by atoms with Crippen molar-refractivity contribution in [2.24, 2.45) is 0 Å². The van der Waals surface area contributed by atoms with Crippen LogP contribution in [0.1, 0.15) is 52.9 Å². The Morgan fingerprint density at radius 2 is 1.93 bits per heavy atom. The van der Waals surface area contributed by atoms with Gasteiger partial charge < -0.3 is 0 Å². The molecule has 0 aromatic heterocycles. The molecule has 2 unspecified atom stereocenters. The minimum atomic E-state index is 0.160. The first kappa shape index (κ1) is 11.5. The zero-order chi connectivity index (χ0) is 10.6. The molecular weight excluding hydrogens is 176 g/mol. The van der Waals surface area contributed by atoms with E-state index in [2.05, 4.69) is 24.3 Å². The largest absolute Gasteiger partial charge is 0.288 e. The first-order valence-electron chi connectivity index (χ1n) is 5.73. The molecule has 0 aromatic rings. The molecule has 0 aliphatic carbocycles. The summed E-state index contributed by atoms with van der Waals surface area (Å²) in [6, 6.07) is 0.971. The standard InChI is InChI=1S/C11H22N2O/c1-4-6-11(14)12-13-9(2)7-5-8-10(13)3/h9-10H,4-8H2,1-3H3,(H,12,14). The Morgan fingerprint density at radius 1 is 1.36 bits per heavy atom. The van der Waals surface area contributed by atoms with Crippen molar-refractivity contribution in [2.75, 3.05) is 0 Å². The summed E-state index contributed by atoms with van der Waals surface area (Å²) < 4.78 is 0. The average Bonchev–Trinajstić information content (AvgIpc) is 2.12. The molecule has 1 aliphatic rings. The molecule has 1 rings (SSSR count). The number of carbonyl (C=O) groups is 1. The Bertz CT molecular complexity index is 184. The van der Waals surface area contributed by atoms with Gasteiger partial charge in [-0.05, 0) is 33.1 Å². The first-order valence-corrected chi connectivity index (χ1v) is 5.73. The molecule has 0 radical (unpaired) electrons. The Labute approximate surface area is 86.8 Å². The van der Waals surface area contributed by atoms with Gasteiger partial charge in [0.15, 0.2) is 0 Å². The average molecular weight is 198 g/mol. The minimum Gasteiger partial charge on any atom is -0.288 e. The summed E-state index contributed by atoms with van der Waals surface area (Å²) in [6.07, 6.45) is 5.22. The van der Waals surface area contributed by atoms with Crippen LogP contribution >= 0.6 is 0 Å². The molecule has 82 valence electrons. The van der Waals surface area contributed by atoms with Gasteiger partial charge in [0.1, 0.15) is 0 Å². The monoisotopic (exact) mass is 198 g/mol. The van der Waals surface area contributed by atoms with E-state index in [-0.39, 0.29) is 5.91 Å². The fourth-order valence-corrected chi connectivity index (χ4v) is 2.07. The normalized spacial score (nSPS) is 28.8. The highest BCUT2D eigenvalue weighted by Gasteiger charge is 2.25. The summed E-state index contributed by atoms with van der Waals surface area (Å²) in [7, 11) is 0. The molecule has 2 atom stereocenters. The molecule has 0 spiro atoms. The van der Waals surface area contributed by atoms with Gasteiger partial charge in [-0.1, -0.05) is 13.3 Å². The number of nitrogens with one attached hydrogen (secondary N) is 1. The quantitative estimate of drug-likeness (QED) is 0.753. The predicted molar refractivity (Wildman–Crippen MR) is 57.7 cm³/mol. The summed E-state index contributed by atoms with van der Waals surface area (Å²) in [4.78, 5) is 11.4. The van der Waals surface area contributed by atoms with E-state index in [1.807, 2.05) is 6.92 Å². The number of piperidine rings is 1. The van der Waals surface area contributed by atoms with Gasteiger partial charge in [-0.2, -0.15) is 0 Å². The SMILES string of the molecule is CCCC(=O)NN1C(C)CCCC1C. The van der Waals surface area contributed by atoms with Gasteiger partial charge in [0.25, 0.3) is 0 Å². The van der Waals surface area contributed by atoms with Crippen LogP contribution in [0.2, 0.25) is 0 Å². The highest BCUT2D eigenvalue weighted by atomic mass is 16.2. The van der Waals surface area contributed by atoms with Crippen LogP contribution < -0.4 is 5.43 Å². The van der Waals surface area contributed by atoms with Crippen molar-refractivity contribution < 1.29 is 4.79 Å². The summed E-state index contributed by atoms with van der Waals surface area (Å²) >= 11 is 0. The zero-order valence-corrected chi connectivity index (χ0v) is 9.55. The predicted octanol–water partition coefficient (Wildman–Crippen LogP) is 2.08. The van der Waals surface area contributed by atoms with Gasteiger partial charge in [0, 0.05) is 18.5 Å². The number of rotatable bonds is 3. The molecule has 3 heteroatoms. The molecule has 1 saturated heterocycles. The van der Waals surface area contributed by atoms with Crippen molar-refractivity contribution in [3.63, 3.8) is 0 Å². The number of nitrogens with zero attached hydrogens (tertiary/aromatic N) is 1. The van der Waals surface area contributed by atoms with Crippen LogP contribution in [-0.2, 0) is 4.79 Å². The van der Waals surface area contributed by atoms with E-state index in [0.717, 1.165) is 6.42 Å². The van der Waals surface area contributed by atoms with Crippen LogP contribution in [0, 0.1) is 0 Å². The second kappa shape index (κ2) is 5.35. The van der Waals surface area contributed by atoms with Crippen molar-refractivity contribution in [1.29, 1.82) is 0 Å². The molecule has 1 amide bonds. The first-order chi connectivity index (χ1) is 6.65. The van der Waals surface area contributed by atoms with Gasteiger partial charge >= 0.3 is 0 Å². The molecule has 1 aliphatic heterocycles. The lowest BCUT2D eigenvalue weighted by Crippen LogP contribution is -2.54. The highest BCUT2D eigenvalue weighted by Crippen LogP contribution is 2.20. The number of hydrogen-bond donors (Lipinski definition) is 1. The molecule has 14 heavy (non-hydrogen) atoms. The van der Waals surface area contributed by atoms with Gasteiger partial charge in [0.2, 0.25) is 5.91 Å². The number of carbonyl (C=O) groups excluding carboxylic acids is 1. The zero-order valence-electron chi connectivity index (χ0n) is 9.55. The van der Waals surface area contributed by atoms with E-state index < -0.39 is 0 Å². The molecule has 0 bridgehead atoms. The van der Waals surface area contributed by atoms with Gasteiger partial charge in [-0.3, -0.25) is 10.2 Å². The lowest BCUT2D eigenvalue weighted by molar-refractivity contribution is -0.129. The lowest BCUT2D eigenvalue weighted by atomic mass is 10.00. The van der Waals surface area contributed by atoms with E-state index in [0.29, 0.717) is 18.5 Å². The number of amides is 1. The summed E-state index contributed by atoms with van der Waals surface area (Å²) in [5.74, 6) is 0.160. The maximum Gasteiger partial charge on any atom is 0.234 e. The molecular formula is C11H22N2O. The molecule has 1 heterocycles. The molecule has 3 nitrogen and oxygen atoms in total. The van der Waals surface area contributed by atoms with Crippen molar-refractivity contribution in [3.05, 3.63) is 0 Å². The fourth-order valence-electron chi connectivity index (χ4n) is 2.07. The summed E-state index contributed by atoms with van der Waals surface area (Å²) in [6.45, 7) is 6.40. The Morgan fingerprint density at radius 3 is 2.43 bits per heavy atom. The third kappa shape index (κ3) is 2.98. The lowest BCUT2D eigenvalue weighted by Gasteiger charge is -2.38. The Kier molecular flexibility index (Phi) is 4.39. The second-order valence-electron chi connectivity index (χ2n) is 4.32. The van der Waals surface area contributed by atoms with Crippen LogP contribution in [0.15, 0.2) is 0 Å². The molecule has 1 N–H and O–H groups in total. The smallest absolute Gasteiger partial charge is 0.234 e. The second-order valence-corrected chi connectivity index (χ2v) is 4.32. The minimum absolute atomic E-state index is 0.160. The maximum absolute atomic E-state index is 11.4. The van der Waals surface area contributed by atoms with E-state index in [4.69, 9.17) is 0 Å². The van der Waals surface area contributed by atoms with Crippen LogP contribution in [0.25, 0.3) is 0 Å². The number of hydrazine groups is 1. The molecule has 1 fully saturated rings. The third-order valence-corrected chi connectivity index (χ3v) is 2.92. The van der Waals surface area contributed by atoms with Crippen molar-refractivity contribution in [2.45, 2.75) is 65.0 Å². The van der Waals surface area contributed by atoms with E-state index in [9.17, 15) is 4.79 Å². The van der Waals surface area contributed by atoms with E-state index >= 15 is 0 Å². The highest BCUT2D eigenvalue weighted by molar-refractivity contribution is 5.75. The molecule has 0 aromatic carbocycles. The van der Waals surface area contributed by atoms with Crippen LogP contribution in [-0.4, -0.2) is 23.0 Å². The van der Waals surface area contributed by atoms with Gasteiger partial charge in [0.05, 0.1) is 0 Å². The van der Waals surface area contributed by atoms with Crippen LogP contribution in [0.5, 0.6) is 0 Å². The van der Waals surface area contributed by atoms with Gasteiger partial charge in [-0.25, -0.2) is 5.01 Å². The van der Waals surface area contributed by atoms with E-state index in [1.165, 1.54) is 19.3 Å².